The number of carbonyl (C=O) groups is 1. The molecule has 0 bridgehead atoms. The Morgan fingerprint density at radius 3 is 2.59 bits per heavy atom. The maximum Gasteiger partial charge on any atom is 0.251 e. The largest absolute Gasteiger partial charge is 0.352 e. The Hall–Kier alpha value is -1.45. The summed E-state index contributed by atoms with van der Waals surface area (Å²) in [7, 11) is 0. The molecular weight excluding hydrogens is 224 g/mol. The van der Waals surface area contributed by atoms with Crippen LogP contribution in [0.4, 0.5) is 8.78 Å². The minimum absolute atomic E-state index is 0.147. The van der Waals surface area contributed by atoms with Gasteiger partial charge < -0.3 is 5.32 Å². The Morgan fingerprint density at radius 1 is 1.29 bits per heavy atom. The van der Waals surface area contributed by atoms with Gasteiger partial charge in [-0.05, 0) is 37.0 Å². The minimum atomic E-state index is -1.00. The molecule has 0 aromatic heterocycles. The van der Waals surface area contributed by atoms with E-state index >= 15 is 0 Å². The lowest BCUT2D eigenvalue weighted by molar-refractivity contribution is 0.0952. The lowest BCUT2D eigenvalue weighted by Gasteiger charge is -2.07. The number of rotatable bonds is 5. The van der Waals surface area contributed by atoms with Crippen LogP contribution in [0.1, 0.15) is 37.0 Å². The van der Waals surface area contributed by atoms with Gasteiger partial charge in [0.25, 0.3) is 5.91 Å². The molecule has 1 amide bonds. The molecule has 0 saturated carbocycles. The van der Waals surface area contributed by atoms with Crippen molar-refractivity contribution in [2.24, 2.45) is 5.92 Å². The number of benzene rings is 1. The summed E-state index contributed by atoms with van der Waals surface area (Å²) >= 11 is 0. The Kier molecular flexibility index (Phi) is 5.07. The topological polar surface area (TPSA) is 29.1 Å². The summed E-state index contributed by atoms with van der Waals surface area (Å²) in [5.74, 6) is -1.72. The molecule has 2 nitrogen and oxygen atoms in total. The van der Waals surface area contributed by atoms with Crippen LogP contribution in [0.3, 0.4) is 0 Å². The van der Waals surface area contributed by atoms with Gasteiger partial charge >= 0.3 is 0 Å². The predicted molar refractivity (Wildman–Crippen MR) is 62.8 cm³/mol. The lowest BCUT2D eigenvalue weighted by Crippen LogP contribution is -2.24. The van der Waals surface area contributed by atoms with Gasteiger partial charge in [-0.25, -0.2) is 8.78 Å². The van der Waals surface area contributed by atoms with Gasteiger partial charge in [0.05, 0.1) is 0 Å². The molecule has 4 heteroatoms. The van der Waals surface area contributed by atoms with Gasteiger partial charge in [-0.3, -0.25) is 4.79 Å². The van der Waals surface area contributed by atoms with Crippen molar-refractivity contribution in [2.45, 2.75) is 26.7 Å². The van der Waals surface area contributed by atoms with Crippen molar-refractivity contribution in [2.75, 3.05) is 6.54 Å². The van der Waals surface area contributed by atoms with Crippen molar-refractivity contribution in [3.63, 3.8) is 0 Å². The van der Waals surface area contributed by atoms with Crippen molar-refractivity contribution in [3.05, 3.63) is 35.4 Å². The van der Waals surface area contributed by atoms with Crippen LogP contribution in [0, 0.1) is 17.6 Å². The van der Waals surface area contributed by atoms with E-state index in [9.17, 15) is 13.6 Å². The van der Waals surface area contributed by atoms with E-state index in [-0.39, 0.29) is 11.5 Å². The Morgan fingerprint density at radius 2 is 2.00 bits per heavy atom. The highest BCUT2D eigenvalue weighted by atomic mass is 19.2. The van der Waals surface area contributed by atoms with E-state index in [1.807, 2.05) is 0 Å². The van der Waals surface area contributed by atoms with Crippen LogP contribution in [0.15, 0.2) is 18.2 Å². The summed E-state index contributed by atoms with van der Waals surface area (Å²) < 4.78 is 25.5. The van der Waals surface area contributed by atoms with Gasteiger partial charge in [0.15, 0.2) is 11.6 Å². The zero-order chi connectivity index (χ0) is 12.8. The van der Waals surface area contributed by atoms with E-state index in [2.05, 4.69) is 19.2 Å². The molecule has 0 aliphatic heterocycles. The third-order valence-corrected chi connectivity index (χ3v) is 2.43. The third-order valence-electron chi connectivity index (χ3n) is 2.43. The van der Waals surface area contributed by atoms with Gasteiger partial charge in [-0.1, -0.05) is 13.8 Å². The van der Waals surface area contributed by atoms with Crippen LogP contribution >= 0.6 is 0 Å². The number of hydrogen-bond acceptors (Lipinski definition) is 1. The summed E-state index contributed by atoms with van der Waals surface area (Å²) in [6.07, 6.45) is 1.91. The van der Waals surface area contributed by atoms with Gasteiger partial charge in [-0.15, -0.1) is 0 Å². The summed E-state index contributed by atoms with van der Waals surface area (Å²) in [4.78, 5) is 11.6. The molecule has 0 aliphatic carbocycles. The van der Waals surface area contributed by atoms with Crippen LogP contribution in [-0.4, -0.2) is 12.5 Å². The first-order valence-electron chi connectivity index (χ1n) is 5.74. The van der Waals surface area contributed by atoms with Crippen LogP contribution in [0.25, 0.3) is 0 Å². The normalized spacial score (nSPS) is 10.6. The fraction of sp³-hybridized carbons (Fsp3) is 0.462. The number of hydrogen-bond donors (Lipinski definition) is 1. The second kappa shape index (κ2) is 6.33. The number of carbonyl (C=O) groups excluding carboxylic acids is 1. The number of halogens is 2. The fourth-order valence-corrected chi connectivity index (χ4v) is 1.45. The standard InChI is InChI=1S/C13H17F2NO/c1-9(2)4-3-7-16-13(17)10-5-6-11(14)12(15)8-10/h5-6,8-9H,3-4,7H2,1-2H3,(H,16,17). The molecule has 0 heterocycles. The van der Waals surface area contributed by atoms with E-state index in [0.717, 1.165) is 25.0 Å². The van der Waals surface area contributed by atoms with Crippen molar-refractivity contribution < 1.29 is 13.6 Å². The van der Waals surface area contributed by atoms with Crippen LogP contribution in [0.5, 0.6) is 0 Å². The quantitative estimate of drug-likeness (QED) is 0.788. The molecule has 0 spiro atoms. The molecular formula is C13H17F2NO. The highest BCUT2D eigenvalue weighted by Crippen LogP contribution is 2.08. The second-order valence-corrected chi connectivity index (χ2v) is 4.42. The van der Waals surface area contributed by atoms with E-state index in [1.165, 1.54) is 6.07 Å². The smallest absolute Gasteiger partial charge is 0.251 e. The fourth-order valence-electron chi connectivity index (χ4n) is 1.45. The Bertz CT molecular complexity index is 391. The van der Waals surface area contributed by atoms with Crippen molar-refractivity contribution in [1.82, 2.24) is 5.32 Å². The summed E-state index contributed by atoms with van der Waals surface area (Å²) in [5, 5.41) is 2.67. The summed E-state index contributed by atoms with van der Waals surface area (Å²) in [5.41, 5.74) is 0.147. The minimum Gasteiger partial charge on any atom is -0.352 e. The zero-order valence-electron chi connectivity index (χ0n) is 10.1. The van der Waals surface area contributed by atoms with E-state index in [0.29, 0.717) is 12.5 Å². The SMILES string of the molecule is CC(C)CCCNC(=O)c1ccc(F)c(F)c1. The number of nitrogens with one attached hydrogen (secondary N) is 1. The first-order valence-corrected chi connectivity index (χ1v) is 5.74. The predicted octanol–water partition coefficient (Wildman–Crippen LogP) is 3.13. The maximum absolute atomic E-state index is 12.9. The van der Waals surface area contributed by atoms with Gasteiger partial charge in [0.1, 0.15) is 0 Å². The van der Waals surface area contributed by atoms with Crippen LogP contribution < -0.4 is 5.32 Å². The molecule has 0 aliphatic rings. The second-order valence-electron chi connectivity index (χ2n) is 4.42. The first-order chi connectivity index (χ1) is 8.00. The molecule has 0 atom stereocenters. The summed E-state index contributed by atoms with van der Waals surface area (Å²) in [6.45, 7) is 4.77. The van der Waals surface area contributed by atoms with E-state index in [1.54, 1.807) is 0 Å². The molecule has 1 N–H and O–H groups in total. The third kappa shape index (κ3) is 4.51. The lowest BCUT2D eigenvalue weighted by atomic mass is 10.1. The molecule has 17 heavy (non-hydrogen) atoms. The highest BCUT2D eigenvalue weighted by Gasteiger charge is 2.08. The van der Waals surface area contributed by atoms with E-state index in [4.69, 9.17) is 0 Å². The molecule has 1 aromatic carbocycles. The number of amides is 1. The highest BCUT2D eigenvalue weighted by molar-refractivity contribution is 5.94. The van der Waals surface area contributed by atoms with Gasteiger partial charge in [-0.2, -0.15) is 0 Å². The maximum atomic E-state index is 12.9. The Labute approximate surface area is 100 Å². The zero-order valence-corrected chi connectivity index (χ0v) is 10.1. The van der Waals surface area contributed by atoms with Gasteiger partial charge in [0.2, 0.25) is 0 Å². The monoisotopic (exact) mass is 241 g/mol. The van der Waals surface area contributed by atoms with Crippen LogP contribution in [-0.2, 0) is 0 Å². The average Bonchev–Trinajstić information content (AvgIpc) is 2.27. The summed E-state index contributed by atoms with van der Waals surface area (Å²) in [6, 6.07) is 3.14. The molecule has 1 aromatic rings. The van der Waals surface area contributed by atoms with E-state index < -0.39 is 11.6 Å². The van der Waals surface area contributed by atoms with Crippen molar-refractivity contribution in [1.29, 1.82) is 0 Å². The average molecular weight is 241 g/mol. The molecule has 0 saturated heterocycles. The molecule has 0 fully saturated rings. The first kappa shape index (κ1) is 13.6. The van der Waals surface area contributed by atoms with Crippen molar-refractivity contribution >= 4 is 5.91 Å². The molecule has 0 radical (unpaired) electrons. The Balaban J connectivity index is 2.44. The van der Waals surface area contributed by atoms with Crippen molar-refractivity contribution in [3.8, 4) is 0 Å². The molecule has 0 unspecified atom stereocenters. The molecule has 1 rings (SSSR count). The van der Waals surface area contributed by atoms with Gasteiger partial charge in [0, 0.05) is 12.1 Å². The molecule has 94 valence electrons. The van der Waals surface area contributed by atoms with Crippen LogP contribution in [0.2, 0.25) is 0 Å².